The van der Waals surface area contributed by atoms with Gasteiger partial charge in [-0.3, -0.25) is 10.1 Å². The first-order chi connectivity index (χ1) is 10.2. The highest BCUT2D eigenvalue weighted by Gasteiger charge is 2.35. The molecule has 0 amide bonds. The van der Waals surface area contributed by atoms with Gasteiger partial charge in [0, 0.05) is 30.3 Å². The van der Waals surface area contributed by atoms with Crippen LogP contribution in [0.3, 0.4) is 0 Å². The van der Waals surface area contributed by atoms with Gasteiger partial charge in [-0.2, -0.15) is 4.31 Å². The average Bonchev–Trinajstić information content (AvgIpc) is 2.46. The first kappa shape index (κ1) is 19.8. The second kappa shape index (κ2) is 7.57. The second-order valence-corrected chi connectivity index (χ2v) is 7.63. The fourth-order valence-electron chi connectivity index (χ4n) is 2.88. The molecule has 9 heteroatoms. The Labute approximate surface area is 142 Å². The van der Waals surface area contributed by atoms with Crippen LogP contribution in [0.4, 0.5) is 5.69 Å². The van der Waals surface area contributed by atoms with Crippen LogP contribution in [-0.4, -0.2) is 36.3 Å². The van der Waals surface area contributed by atoms with E-state index in [2.05, 4.69) is 0 Å². The van der Waals surface area contributed by atoms with Crippen LogP contribution in [-0.2, 0) is 10.0 Å². The molecule has 0 bridgehead atoms. The number of nitro groups is 1. The summed E-state index contributed by atoms with van der Waals surface area (Å²) < 4.78 is 27.1. The van der Waals surface area contributed by atoms with Crippen LogP contribution >= 0.6 is 12.4 Å². The third kappa shape index (κ3) is 4.00. The molecular weight excluding hydrogens is 342 g/mol. The lowest BCUT2D eigenvalue weighted by atomic mass is 10.00. The summed E-state index contributed by atoms with van der Waals surface area (Å²) in [5.74, 6) is 0. The fraction of sp³-hybridized carbons (Fsp3) is 0.571. The minimum absolute atomic E-state index is 0. The Balaban J connectivity index is 0.00000264. The van der Waals surface area contributed by atoms with Gasteiger partial charge in [-0.05, 0) is 38.8 Å². The number of hydrogen-bond acceptors (Lipinski definition) is 5. The first-order valence-electron chi connectivity index (χ1n) is 7.27. The number of nitro benzene ring substituents is 1. The Hall–Kier alpha value is -1.22. The summed E-state index contributed by atoms with van der Waals surface area (Å²) in [5, 5.41) is 10.9. The summed E-state index contributed by atoms with van der Waals surface area (Å²) in [7, 11) is -3.69. The van der Waals surface area contributed by atoms with Gasteiger partial charge in [-0.15, -0.1) is 12.4 Å². The van der Waals surface area contributed by atoms with Crippen molar-refractivity contribution >= 4 is 28.1 Å². The quantitative estimate of drug-likeness (QED) is 0.652. The third-order valence-corrected chi connectivity index (χ3v) is 6.00. The number of hydrogen-bond donors (Lipinski definition) is 1. The molecule has 2 atom stereocenters. The van der Waals surface area contributed by atoms with Crippen molar-refractivity contribution in [3.8, 4) is 0 Å². The van der Waals surface area contributed by atoms with Crippen LogP contribution in [0.2, 0.25) is 0 Å². The lowest BCUT2D eigenvalue weighted by Gasteiger charge is -2.36. The Kier molecular flexibility index (Phi) is 6.52. The number of sulfonamides is 1. The van der Waals surface area contributed by atoms with E-state index >= 15 is 0 Å². The highest BCUT2D eigenvalue weighted by atomic mass is 35.5. The van der Waals surface area contributed by atoms with E-state index in [0.717, 1.165) is 19.3 Å². The molecule has 1 heterocycles. The van der Waals surface area contributed by atoms with Gasteiger partial charge in [0.25, 0.3) is 5.69 Å². The maximum Gasteiger partial charge on any atom is 0.272 e. The maximum absolute atomic E-state index is 12.8. The van der Waals surface area contributed by atoms with Crippen molar-refractivity contribution < 1.29 is 13.3 Å². The Morgan fingerprint density at radius 2 is 2.04 bits per heavy atom. The molecule has 1 aromatic carbocycles. The number of rotatable bonds is 4. The Morgan fingerprint density at radius 1 is 1.39 bits per heavy atom. The SMILES string of the molecule is Cc1cc(S(=O)(=O)N2CCCCC2C(C)N)ccc1[N+](=O)[O-].Cl. The van der Waals surface area contributed by atoms with Crippen LogP contribution in [0.1, 0.15) is 31.7 Å². The fourth-order valence-corrected chi connectivity index (χ4v) is 4.74. The van der Waals surface area contributed by atoms with Gasteiger partial charge in [-0.25, -0.2) is 8.42 Å². The Morgan fingerprint density at radius 3 is 2.57 bits per heavy atom. The van der Waals surface area contributed by atoms with E-state index < -0.39 is 14.9 Å². The third-order valence-electron chi connectivity index (χ3n) is 4.08. The minimum atomic E-state index is -3.69. The molecule has 1 saturated heterocycles. The number of nitrogens with zero attached hydrogens (tertiary/aromatic N) is 2. The summed E-state index contributed by atoms with van der Waals surface area (Å²) in [4.78, 5) is 10.4. The van der Waals surface area contributed by atoms with Crippen LogP contribution in [0, 0.1) is 17.0 Å². The molecule has 7 nitrogen and oxygen atoms in total. The van der Waals surface area contributed by atoms with E-state index in [-0.39, 0.29) is 35.1 Å². The highest BCUT2D eigenvalue weighted by molar-refractivity contribution is 7.89. The molecule has 2 unspecified atom stereocenters. The molecule has 1 aromatic rings. The Bertz CT molecular complexity index is 679. The monoisotopic (exact) mass is 363 g/mol. The lowest BCUT2D eigenvalue weighted by molar-refractivity contribution is -0.385. The van der Waals surface area contributed by atoms with Gasteiger partial charge in [0.15, 0.2) is 0 Å². The van der Waals surface area contributed by atoms with E-state index in [0.29, 0.717) is 12.1 Å². The largest absolute Gasteiger partial charge is 0.326 e. The van der Waals surface area contributed by atoms with E-state index in [1.54, 1.807) is 6.92 Å². The molecule has 0 radical (unpaired) electrons. The van der Waals surface area contributed by atoms with Crippen molar-refractivity contribution in [2.75, 3.05) is 6.54 Å². The summed E-state index contributed by atoms with van der Waals surface area (Å²) >= 11 is 0. The number of piperidine rings is 1. The standard InChI is InChI=1S/C14H21N3O4S.ClH/c1-10-9-12(6-7-13(10)17(18)19)22(20,21)16-8-4-3-5-14(16)11(2)15;/h6-7,9,11,14H,3-5,8,15H2,1-2H3;1H. The smallest absolute Gasteiger partial charge is 0.272 e. The van der Waals surface area contributed by atoms with Gasteiger partial charge in [-0.1, -0.05) is 6.42 Å². The summed E-state index contributed by atoms with van der Waals surface area (Å²) in [6.45, 7) is 3.78. The van der Waals surface area contributed by atoms with Gasteiger partial charge < -0.3 is 5.73 Å². The number of benzene rings is 1. The second-order valence-electron chi connectivity index (χ2n) is 5.74. The molecule has 0 aliphatic carbocycles. The topological polar surface area (TPSA) is 107 Å². The number of nitrogens with two attached hydrogens (primary N) is 1. The van der Waals surface area contributed by atoms with Crippen molar-refractivity contribution in [3.05, 3.63) is 33.9 Å². The first-order valence-corrected chi connectivity index (χ1v) is 8.71. The average molecular weight is 364 g/mol. The molecule has 0 aromatic heterocycles. The zero-order valence-electron chi connectivity index (χ0n) is 13.1. The van der Waals surface area contributed by atoms with E-state index in [4.69, 9.17) is 5.73 Å². The van der Waals surface area contributed by atoms with Crippen molar-refractivity contribution in [1.82, 2.24) is 4.31 Å². The summed E-state index contributed by atoms with van der Waals surface area (Å²) in [5.41, 5.74) is 6.18. The number of aryl methyl sites for hydroxylation is 1. The zero-order valence-corrected chi connectivity index (χ0v) is 14.8. The van der Waals surface area contributed by atoms with Gasteiger partial charge in [0.05, 0.1) is 9.82 Å². The maximum atomic E-state index is 12.8. The zero-order chi connectivity index (χ0) is 16.5. The molecule has 23 heavy (non-hydrogen) atoms. The molecule has 0 saturated carbocycles. The van der Waals surface area contributed by atoms with E-state index in [1.807, 2.05) is 0 Å². The molecule has 1 aliphatic rings. The highest BCUT2D eigenvalue weighted by Crippen LogP contribution is 2.29. The minimum Gasteiger partial charge on any atom is -0.326 e. The predicted molar refractivity (Wildman–Crippen MR) is 90.3 cm³/mol. The van der Waals surface area contributed by atoms with Crippen LogP contribution in [0.15, 0.2) is 23.1 Å². The van der Waals surface area contributed by atoms with Crippen molar-refractivity contribution in [2.24, 2.45) is 5.73 Å². The number of halogens is 1. The molecule has 0 spiro atoms. The summed E-state index contributed by atoms with van der Waals surface area (Å²) in [6.07, 6.45) is 2.49. The van der Waals surface area contributed by atoms with Crippen LogP contribution in [0.25, 0.3) is 0 Å². The van der Waals surface area contributed by atoms with Crippen molar-refractivity contribution in [1.29, 1.82) is 0 Å². The van der Waals surface area contributed by atoms with Crippen LogP contribution < -0.4 is 5.73 Å². The van der Waals surface area contributed by atoms with Crippen molar-refractivity contribution in [3.63, 3.8) is 0 Å². The molecular formula is C14H22ClN3O4S. The van der Waals surface area contributed by atoms with E-state index in [9.17, 15) is 18.5 Å². The molecule has 2 rings (SSSR count). The van der Waals surface area contributed by atoms with Crippen molar-refractivity contribution in [2.45, 2.75) is 50.1 Å². The van der Waals surface area contributed by atoms with Gasteiger partial charge >= 0.3 is 0 Å². The molecule has 2 N–H and O–H groups in total. The summed E-state index contributed by atoms with van der Waals surface area (Å²) in [6, 6.07) is 3.42. The van der Waals surface area contributed by atoms with Gasteiger partial charge in [0.1, 0.15) is 0 Å². The molecule has 1 fully saturated rings. The normalized spacial score (nSPS) is 20.6. The molecule has 1 aliphatic heterocycles. The predicted octanol–water partition coefficient (Wildman–Crippen LogP) is 2.22. The van der Waals surface area contributed by atoms with E-state index in [1.165, 1.54) is 29.4 Å². The van der Waals surface area contributed by atoms with Crippen LogP contribution in [0.5, 0.6) is 0 Å². The van der Waals surface area contributed by atoms with Gasteiger partial charge in [0.2, 0.25) is 10.0 Å². The molecule has 130 valence electrons. The lowest BCUT2D eigenvalue weighted by Crippen LogP contribution is -2.51.